The Morgan fingerprint density at radius 1 is 0.926 bits per heavy atom. The summed E-state index contributed by atoms with van der Waals surface area (Å²) < 4.78 is 38.1. The number of hydrogen-bond acceptors (Lipinski definition) is 5. The minimum atomic E-state index is -3.43. The van der Waals surface area contributed by atoms with Crippen LogP contribution in [-0.4, -0.2) is 50.6 Å². The Balaban J connectivity index is 1.43. The molecule has 1 fully saturated rings. The van der Waals surface area contributed by atoms with Gasteiger partial charge in [-0.2, -0.15) is 4.31 Å². The molecule has 6 nitrogen and oxygen atoms in total. The average Bonchev–Trinajstić information content (AvgIpc) is 3.15. The van der Waals surface area contributed by atoms with Crippen LogP contribution in [0.2, 0.25) is 0 Å². The molecule has 0 radical (unpaired) electrons. The van der Waals surface area contributed by atoms with Crippen molar-refractivity contribution in [1.29, 1.82) is 0 Å². The fourth-order valence-electron chi connectivity index (χ4n) is 3.57. The van der Waals surface area contributed by atoms with Crippen LogP contribution in [-0.2, 0) is 10.0 Å². The van der Waals surface area contributed by atoms with Gasteiger partial charge in [-0.3, -0.25) is 4.90 Å². The highest BCUT2D eigenvalue weighted by Crippen LogP contribution is 2.35. The monoisotopic (exact) mass is 388 g/mol. The maximum atomic E-state index is 12.8. The maximum Gasteiger partial charge on any atom is 0.243 e. The van der Waals surface area contributed by atoms with Crippen LogP contribution in [0.4, 0.5) is 0 Å². The van der Waals surface area contributed by atoms with Crippen molar-refractivity contribution in [3.8, 4) is 11.5 Å². The Bertz CT molecular complexity index is 919. The molecule has 2 aliphatic rings. The SMILES string of the molecule is Cc1ccc(S(=O)(=O)N2CCN([C@@H](C)c3ccc4c(c3)OCO4)CC2)cc1. The highest BCUT2D eigenvalue weighted by Gasteiger charge is 2.30. The minimum Gasteiger partial charge on any atom is -0.454 e. The van der Waals surface area contributed by atoms with Gasteiger partial charge in [0.15, 0.2) is 11.5 Å². The van der Waals surface area contributed by atoms with Gasteiger partial charge in [0.25, 0.3) is 0 Å². The smallest absolute Gasteiger partial charge is 0.243 e. The largest absolute Gasteiger partial charge is 0.454 e. The number of aryl methyl sites for hydroxylation is 1. The normalized spacial score (nSPS) is 19.2. The van der Waals surface area contributed by atoms with E-state index in [2.05, 4.69) is 11.8 Å². The zero-order chi connectivity index (χ0) is 19.0. The number of ether oxygens (including phenoxy) is 2. The third-order valence-electron chi connectivity index (χ3n) is 5.36. The fraction of sp³-hybridized carbons (Fsp3) is 0.400. The molecule has 0 bridgehead atoms. The molecule has 4 rings (SSSR count). The van der Waals surface area contributed by atoms with E-state index in [9.17, 15) is 8.42 Å². The molecule has 2 aliphatic heterocycles. The van der Waals surface area contributed by atoms with E-state index in [1.807, 2.05) is 37.3 Å². The standard InChI is InChI=1S/C20H24N2O4S/c1-15-3-6-18(7-4-15)27(23,24)22-11-9-21(10-12-22)16(2)17-5-8-19-20(13-17)26-14-25-19/h3-8,13,16H,9-12,14H2,1-2H3/t16-/m0/s1. The number of sulfonamides is 1. The fourth-order valence-corrected chi connectivity index (χ4v) is 5.00. The van der Waals surface area contributed by atoms with Gasteiger partial charge in [0.1, 0.15) is 0 Å². The van der Waals surface area contributed by atoms with Crippen LogP contribution in [0.25, 0.3) is 0 Å². The molecule has 1 saturated heterocycles. The summed E-state index contributed by atoms with van der Waals surface area (Å²) in [5.74, 6) is 1.56. The van der Waals surface area contributed by atoms with Crippen LogP contribution in [0.3, 0.4) is 0 Å². The summed E-state index contributed by atoms with van der Waals surface area (Å²) in [5, 5.41) is 0. The third-order valence-corrected chi connectivity index (χ3v) is 7.27. The van der Waals surface area contributed by atoms with Crippen molar-refractivity contribution in [1.82, 2.24) is 9.21 Å². The molecule has 0 amide bonds. The number of fused-ring (bicyclic) bond motifs is 1. The summed E-state index contributed by atoms with van der Waals surface area (Å²) in [5.41, 5.74) is 2.20. The third kappa shape index (κ3) is 3.54. The molecular weight excluding hydrogens is 364 g/mol. The molecule has 0 N–H and O–H groups in total. The Hall–Kier alpha value is -2.09. The highest BCUT2D eigenvalue weighted by atomic mass is 32.2. The topological polar surface area (TPSA) is 59.1 Å². The molecule has 7 heteroatoms. The van der Waals surface area contributed by atoms with Crippen molar-refractivity contribution in [2.45, 2.75) is 24.8 Å². The van der Waals surface area contributed by atoms with Crippen LogP contribution in [0, 0.1) is 6.92 Å². The second-order valence-electron chi connectivity index (χ2n) is 7.04. The molecule has 0 aromatic heterocycles. The van der Waals surface area contributed by atoms with E-state index in [1.165, 1.54) is 0 Å². The average molecular weight is 388 g/mol. The van der Waals surface area contributed by atoms with Gasteiger partial charge < -0.3 is 9.47 Å². The summed E-state index contributed by atoms with van der Waals surface area (Å²) in [7, 11) is -3.43. The molecule has 144 valence electrons. The Morgan fingerprint density at radius 3 is 2.30 bits per heavy atom. The van der Waals surface area contributed by atoms with Crippen LogP contribution < -0.4 is 9.47 Å². The number of benzene rings is 2. The van der Waals surface area contributed by atoms with E-state index in [0.717, 1.165) is 22.6 Å². The lowest BCUT2D eigenvalue weighted by molar-refractivity contribution is 0.145. The van der Waals surface area contributed by atoms with E-state index >= 15 is 0 Å². The lowest BCUT2D eigenvalue weighted by atomic mass is 10.1. The summed E-state index contributed by atoms with van der Waals surface area (Å²) in [4.78, 5) is 2.67. The molecule has 2 aromatic carbocycles. The van der Waals surface area contributed by atoms with Crippen molar-refractivity contribution >= 4 is 10.0 Å². The first-order valence-electron chi connectivity index (χ1n) is 9.15. The molecular formula is C20H24N2O4S. The van der Waals surface area contributed by atoms with E-state index in [1.54, 1.807) is 16.4 Å². The summed E-state index contributed by atoms with van der Waals surface area (Å²) in [6.07, 6.45) is 0. The van der Waals surface area contributed by atoms with Crippen LogP contribution in [0.5, 0.6) is 11.5 Å². The number of nitrogens with zero attached hydrogens (tertiary/aromatic N) is 2. The first-order chi connectivity index (χ1) is 12.9. The first-order valence-corrected chi connectivity index (χ1v) is 10.6. The predicted molar refractivity (Wildman–Crippen MR) is 102 cm³/mol. The van der Waals surface area contributed by atoms with Gasteiger partial charge in [-0.25, -0.2) is 8.42 Å². The zero-order valence-electron chi connectivity index (χ0n) is 15.6. The summed E-state index contributed by atoms with van der Waals surface area (Å²) in [6, 6.07) is 13.2. The first kappa shape index (κ1) is 18.3. The molecule has 1 atom stereocenters. The van der Waals surface area contributed by atoms with Crippen LogP contribution in [0.1, 0.15) is 24.1 Å². The molecule has 27 heavy (non-hydrogen) atoms. The van der Waals surface area contributed by atoms with Gasteiger partial charge in [0, 0.05) is 32.2 Å². The zero-order valence-corrected chi connectivity index (χ0v) is 16.4. The predicted octanol–water partition coefficient (Wildman–Crippen LogP) is 2.79. The molecule has 0 unspecified atom stereocenters. The van der Waals surface area contributed by atoms with Crippen molar-refractivity contribution in [2.24, 2.45) is 0 Å². The molecule has 0 spiro atoms. The van der Waals surface area contributed by atoms with Crippen molar-refractivity contribution < 1.29 is 17.9 Å². The van der Waals surface area contributed by atoms with Gasteiger partial charge in [0.2, 0.25) is 16.8 Å². The number of piperazine rings is 1. The van der Waals surface area contributed by atoms with Crippen molar-refractivity contribution in [3.05, 3.63) is 53.6 Å². The Morgan fingerprint density at radius 2 is 1.59 bits per heavy atom. The molecule has 2 heterocycles. The van der Waals surface area contributed by atoms with Gasteiger partial charge in [-0.15, -0.1) is 0 Å². The van der Waals surface area contributed by atoms with E-state index < -0.39 is 10.0 Å². The van der Waals surface area contributed by atoms with E-state index in [0.29, 0.717) is 31.1 Å². The van der Waals surface area contributed by atoms with Gasteiger partial charge >= 0.3 is 0 Å². The lowest BCUT2D eigenvalue weighted by Crippen LogP contribution is -2.49. The van der Waals surface area contributed by atoms with E-state index in [4.69, 9.17) is 9.47 Å². The second kappa shape index (κ2) is 7.14. The molecule has 0 saturated carbocycles. The van der Waals surface area contributed by atoms with Crippen molar-refractivity contribution in [2.75, 3.05) is 33.0 Å². The van der Waals surface area contributed by atoms with Crippen molar-refractivity contribution in [3.63, 3.8) is 0 Å². The Kier molecular flexibility index (Phi) is 4.84. The molecule has 2 aromatic rings. The Labute approximate surface area is 160 Å². The van der Waals surface area contributed by atoms with Gasteiger partial charge in [-0.05, 0) is 43.7 Å². The second-order valence-corrected chi connectivity index (χ2v) is 8.98. The van der Waals surface area contributed by atoms with Crippen LogP contribution in [0.15, 0.2) is 47.4 Å². The molecule has 0 aliphatic carbocycles. The van der Waals surface area contributed by atoms with Gasteiger partial charge in [0.05, 0.1) is 4.90 Å². The lowest BCUT2D eigenvalue weighted by Gasteiger charge is -2.37. The minimum absolute atomic E-state index is 0.184. The van der Waals surface area contributed by atoms with E-state index in [-0.39, 0.29) is 12.8 Å². The van der Waals surface area contributed by atoms with Crippen LogP contribution >= 0.6 is 0 Å². The summed E-state index contributed by atoms with van der Waals surface area (Å²) >= 11 is 0. The maximum absolute atomic E-state index is 12.8. The number of rotatable bonds is 4. The summed E-state index contributed by atoms with van der Waals surface area (Å²) in [6.45, 7) is 6.73. The quantitative estimate of drug-likeness (QED) is 0.806. The van der Waals surface area contributed by atoms with Gasteiger partial charge in [-0.1, -0.05) is 23.8 Å². The highest BCUT2D eigenvalue weighted by molar-refractivity contribution is 7.89. The number of hydrogen-bond donors (Lipinski definition) is 0.